The fourth-order valence-electron chi connectivity index (χ4n) is 3.48. The van der Waals surface area contributed by atoms with E-state index in [1.807, 2.05) is 74.5 Å². The Morgan fingerprint density at radius 1 is 0.882 bits per heavy atom. The molecule has 4 aromatic rings. The number of aryl methyl sites for hydroxylation is 2. The lowest BCUT2D eigenvalue weighted by atomic mass is 10.0. The van der Waals surface area contributed by atoms with Gasteiger partial charge in [-0.15, -0.1) is 0 Å². The van der Waals surface area contributed by atoms with E-state index in [9.17, 15) is 9.59 Å². The standard InChI is InChI=1S/C28H24N2O4/c1-19-7-5-10-22(15-19)28(32)34-26-14-13-21-9-3-4-12-24(21)25(26)17-29-30-27(31)18-33-23-11-6-8-20(2)16-23/h3-17H,18H2,1-2H3,(H,30,31)/b29-17+. The third-order valence-electron chi connectivity index (χ3n) is 5.13. The van der Waals surface area contributed by atoms with Crippen molar-refractivity contribution in [3.05, 3.63) is 107 Å². The fraction of sp³-hybridized carbons (Fsp3) is 0.107. The third-order valence-corrected chi connectivity index (χ3v) is 5.13. The molecule has 0 aliphatic rings. The largest absolute Gasteiger partial charge is 0.484 e. The zero-order chi connectivity index (χ0) is 23.9. The van der Waals surface area contributed by atoms with Gasteiger partial charge in [0, 0.05) is 5.56 Å². The molecule has 1 N–H and O–H groups in total. The first-order valence-electron chi connectivity index (χ1n) is 10.8. The SMILES string of the molecule is Cc1cccc(OCC(=O)N/N=C/c2c(OC(=O)c3cccc(C)c3)ccc3ccccc23)c1. The van der Waals surface area contributed by atoms with E-state index in [0.29, 0.717) is 22.6 Å². The maximum absolute atomic E-state index is 12.7. The number of hydrogen-bond donors (Lipinski definition) is 1. The number of nitrogens with zero attached hydrogens (tertiary/aromatic N) is 1. The van der Waals surface area contributed by atoms with Crippen molar-refractivity contribution in [2.75, 3.05) is 6.61 Å². The van der Waals surface area contributed by atoms with E-state index in [2.05, 4.69) is 10.5 Å². The number of hydrazone groups is 1. The van der Waals surface area contributed by atoms with Gasteiger partial charge in [-0.1, -0.05) is 60.2 Å². The molecule has 34 heavy (non-hydrogen) atoms. The molecule has 1 amide bonds. The van der Waals surface area contributed by atoms with E-state index in [0.717, 1.165) is 21.9 Å². The van der Waals surface area contributed by atoms with Crippen molar-refractivity contribution in [3.63, 3.8) is 0 Å². The molecular formula is C28H24N2O4. The van der Waals surface area contributed by atoms with Crippen LogP contribution >= 0.6 is 0 Å². The maximum Gasteiger partial charge on any atom is 0.343 e. The van der Waals surface area contributed by atoms with Gasteiger partial charge in [0.05, 0.1) is 11.8 Å². The first-order chi connectivity index (χ1) is 16.5. The zero-order valence-electron chi connectivity index (χ0n) is 18.9. The van der Waals surface area contributed by atoms with Crippen LogP contribution in [0.2, 0.25) is 0 Å². The first kappa shape index (κ1) is 22.7. The Bertz CT molecular complexity index is 1380. The Morgan fingerprint density at radius 3 is 2.44 bits per heavy atom. The second-order valence-corrected chi connectivity index (χ2v) is 7.86. The predicted octanol–water partition coefficient (Wildman–Crippen LogP) is 5.20. The number of carbonyl (C=O) groups excluding carboxylic acids is 2. The van der Waals surface area contributed by atoms with Crippen molar-refractivity contribution in [3.8, 4) is 11.5 Å². The van der Waals surface area contributed by atoms with Crippen molar-refractivity contribution in [2.24, 2.45) is 5.10 Å². The molecule has 0 bridgehead atoms. The molecule has 4 rings (SSSR count). The van der Waals surface area contributed by atoms with Crippen LogP contribution < -0.4 is 14.9 Å². The summed E-state index contributed by atoms with van der Waals surface area (Å²) in [4.78, 5) is 24.9. The van der Waals surface area contributed by atoms with Crippen LogP contribution in [-0.4, -0.2) is 24.7 Å². The zero-order valence-corrected chi connectivity index (χ0v) is 18.9. The van der Waals surface area contributed by atoms with E-state index in [-0.39, 0.29) is 6.61 Å². The van der Waals surface area contributed by atoms with Crippen molar-refractivity contribution in [1.82, 2.24) is 5.43 Å². The van der Waals surface area contributed by atoms with E-state index < -0.39 is 11.9 Å². The van der Waals surface area contributed by atoms with Crippen LogP contribution in [0.25, 0.3) is 10.8 Å². The number of rotatable bonds is 7. The van der Waals surface area contributed by atoms with Gasteiger partial charge in [0.25, 0.3) is 5.91 Å². The molecule has 0 aliphatic carbocycles. The lowest BCUT2D eigenvalue weighted by Gasteiger charge is -2.11. The topological polar surface area (TPSA) is 77.0 Å². The highest BCUT2D eigenvalue weighted by Gasteiger charge is 2.14. The molecule has 6 nitrogen and oxygen atoms in total. The molecule has 170 valence electrons. The quantitative estimate of drug-likeness (QED) is 0.181. The Kier molecular flexibility index (Phi) is 6.98. The van der Waals surface area contributed by atoms with Crippen LogP contribution in [0.3, 0.4) is 0 Å². The summed E-state index contributed by atoms with van der Waals surface area (Å²) < 4.78 is 11.2. The highest BCUT2D eigenvalue weighted by molar-refractivity contribution is 6.04. The van der Waals surface area contributed by atoms with Gasteiger partial charge in [-0.2, -0.15) is 5.10 Å². The summed E-state index contributed by atoms with van der Waals surface area (Å²) in [5, 5.41) is 5.87. The molecule has 0 saturated carbocycles. The summed E-state index contributed by atoms with van der Waals surface area (Å²) in [6.45, 7) is 3.69. The Labute approximate surface area is 197 Å². The molecule has 0 spiro atoms. The van der Waals surface area contributed by atoms with Crippen molar-refractivity contribution in [1.29, 1.82) is 0 Å². The number of esters is 1. The minimum absolute atomic E-state index is 0.175. The van der Waals surface area contributed by atoms with E-state index in [1.165, 1.54) is 6.21 Å². The van der Waals surface area contributed by atoms with Gasteiger partial charge < -0.3 is 9.47 Å². The number of ether oxygens (including phenoxy) is 2. The van der Waals surface area contributed by atoms with Gasteiger partial charge in [0.2, 0.25) is 0 Å². The minimum Gasteiger partial charge on any atom is -0.484 e. The molecule has 4 aromatic carbocycles. The molecule has 0 unspecified atom stereocenters. The Morgan fingerprint density at radius 2 is 1.65 bits per heavy atom. The second-order valence-electron chi connectivity index (χ2n) is 7.86. The summed E-state index contributed by atoms with van der Waals surface area (Å²) >= 11 is 0. The molecule has 0 atom stereocenters. The van der Waals surface area contributed by atoms with Crippen LogP contribution in [0.15, 0.2) is 90.0 Å². The highest BCUT2D eigenvalue weighted by Crippen LogP contribution is 2.27. The van der Waals surface area contributed by atoms with Crippen LogP contribution in [-0.2, 0) is 4.79 Å². The van der Waals surface area contributed by atoms with E-state index in [1.54, 1.807) is 24.3 Å². The number of amides is 1. The van der Waals surface area contributed by atoms with Gasteiger partial charge >= 0.3 is 5.97 Å². The molecule has 0 aliphatic heterocycles. The average molecular weight is 453 g/mol. The summed E-state index contributed by atoms with van der Waals surface area (Å²) in [5.74, 6) is 0.0817. The predicted molar refractivity (Wildman–Crippen MR) is 132 cm³/mol. The third kappa shape index (κ3) is 5.66. The van der Waals surface area contributed by atoms with Crippen molar-refractivity contribution in [2.45, 2.75) is 13.8 Å². The lowest BCUT2D eigenvalue weighted by Crippen LogP contribution is -2.24. The molecule has 0 saturated heterocycles. The Hall–Kier alpha value is -4.45. The normalized spacial score (nSPS) is 10.9. The minimum atomic E-state index is -0.468. The summed E-state index contributed by atoms with van der Waals surface area (Å²) in [6, 6.07) is 25.9. The molecule has 0 heterocycles. The molecule has 0 fully saturated rings. The highest BCUT2D eigenvalue weighted by atomic mass is 16.5. The number of benzene rings is 4. The number of hydrogen-bond acceptors (Lipinski definition) is 5. The molecule has 6 heteroatoms. The Balaban J connectivity index is 1.51. The smallest absolute Gasteiger partial charge is 0.343 e. The van der Waals surface area contributed by atoms with Gasteiger partial charge in [0.1, 0.15) is 11.5 Å². The number of nitrogens with one attached hydrogen (secondary N) is 1. The van der Waals surface area contributed by atoms with E-state index in [4.69, 9.17) is 9.47 Å². The van der Waals surface area contributed by atoms with Gasteiger partial charge in [-0.05, 0) is 60.5 Å². The van der Waals surface area contributed by atoms with Gasteiger partial charge in [-0.3, -0.25) is 4.79 Å². The molecule has 0 radical (unpaired) electrons. The summed E-state index contributed by atoms with van der Waals surface area (Å²) in [7, 11) is 0. The van der Waals surface area contributed by atoms with Crippen LogP contribution in [0.1, 0.15) is 27.0 Å². The lowest BCUT2D eigenvalue weighted by molar-refractivity contribution is -0.123. The van der Waals surface area contributed by atoms with Crippen LogP contribution in [0, 0.1) is 13.8 Å². The summed E-state index contributed by atoms with van der Waals surface area (Å²) in [5.41, 5.74) is 5.51. The van der Waals surface area contributed by atoms with Gasteiger partial charge in [0.15, 0.2) is 6.61 Å². The van der Waals surface area contributed by atoms with E-state index >= 15 is 0 Å². The number of carbonyl (C=O) groups is 2. The van der Waals surface area contributed by atoms with Crippen LogP contribution in [0.4, 0.5) is 0 Å². The van der Waals surface area contributed by atoms with Crippen molar-refractivity contribution < 1.29 is 19.1 Å². The first-order valence-corrected chi connectivity index (χ1v) is 10.8. The fourth-order valence-corrected chi connectivity index (χ4v) is 3.48. The molecule has 0 aromatic heterocycles. The molecular weight excluding hydrogens is 428 g/mol. The van der Waals surface area contributed by atoms with Crippen molar-refractivity contribution >= 4 is 28.9 Å². The van der Waals surface area contributed by atoms with Gasteiger partial charge in [-0.25, -0.2) is 10.2 Å². The second kappa shape index (κ2) is 10.4. The monoisotopic (exact) mass is 452 g/mol. The average Bonchev–Trinajstić information content (AvgIpc) is 2.84. The van der Waals surface area contributed by atoms with Crippen LogP contribution in [0.5, 0.6) is 11.5 Å². The maximum atomic E-state index is 12.7. The summed E-state index contributed by atoms with van der Waals surface area (Å²) in [6.07, 6.45) is 1.48. The number of fused-ring (bicyclic) bond motifs is 1.